The van der Waals surface area contributed by atoms with Crippen molar-refractivity contribution in [3.05, 3.63) is 29.1 Å². The van der Waals surface area contributed by atoms with Crippen molar-refractivity contribution in [1.82, 2.24) is 26.6 Å². The Balaban J connectivity index is 1.31. The minimum absolute atomic E-state index is 0.0161. The zero-order valence-electron chi connectivity index (χ0n) is 89.2. The fraction of sp³-hybridized carbons (Fsp3) is 0.779. The number of hydrogen-bond acceptors (Lipinski definition) is 36. The molecule has 3 fully saturated rings. The van der Waals surface area contributed by atoms with Gasteiger partial charge in [0.1, 0.15) is 73.4 Å². The van der Waals surface area contributed by atoms with Crippen LogP contribution < -0.4 is 31.3 Å². The third-order valence-electron chi connectivity index (χ3n) is 24.4. The molecule has 1 aromatic carbocycles. The molecular formula is C104H162F5N5O36. The highest BCUT2D eigenvalue weighted by molar-refractivity contribution is 5.81. The van der Waals surface area contributed by atoms with Crippen LogP contribution in [0, 0.1) is 29.1 Å². The van der Waals surface area contributed by atoms with Gasteiger partial charge in [0, 0.05) is 154 Å². The van der Waals surface area contributed by atoms with Crippen LogP contribution in [0.2, 0.25) is 0 Å². The maximum atomic E-state index is 14.5. The summed E-state index contributed by atoms with van der Waals surface area (Å²) in [6.07, 6.45) is 12.3. The summed E-state index contributed by atoms with van der Waals surface area (Å²) in [6.45, 7) is 12.7. The van der Waals surface area contributed by atoms with E-state index in [-0.39, 0.29) is 135 Å². The summed E-state index contributed by atoms with van der Waals surface area (Å²) in [7, 11) is 0. The monoisotopic (exact) mass is 2150 g/mol. The number of halogens is 5. The first-order valence-corrected chi connectivity index (χ1v) is 52.6. The molecule has 5 N–H and O–H groups in total. The van der Waals surface area contributed by atoms with Crippen molar-refractivity contribution in [3.8, 4) is 5.75 Å². The first kappa shape index (κ1) is 132. The number of carbonyl (C=O) groups excluding carboxylic acids is 17. The van der Waals surface area contributed by atoms with Gasteiger partial charge in [-0.05, 0) is 44.9 Å². The van der Waals surface area contributed by atoms with E-state index in [1.165, 1.54) is 41.5 Å². The summed E-state index contributed by atoms with van der Waals surface area (Å²) in [4.78, 5) is 212. The number of unbranched alkanes of at least 4 members (excludes halogenated alkanes) is 29. The molecule has 0 bridgehead atoms. The molecule has 15 unspecified atom stereocenters. The van der Waals surface area contributed by atoms with E-state index in [2.05, 4.69) is 31.3 Å². The van der Waals surface area contributed by atoms with Gasteiger partial charge >= 0.3 is 59.7 Å². The number of Topliss-reactive ketones (excluding diaryl/α,β-unsaturated/α-hetero) is 2. The summed E-state index contributed by atoms with van der Waals surface area (Å²) >= 11 is 0. The molecule has 0 spiro atoms. The van der Waals surface area contributed by atoms with Crippen LogP contribution in [0.1, 0.15) is 340 Å². The van der Waals surface area contributed by atoms with Crippen LogP contribution in [0.4, 0.5) is 22.0 Å². The molecule has 15 atom stereocenters. The number of nitrogens with one attached hydrogen (secondary N) is 5. The van der Waals surface area contributed by atoms with Crippen molar-refractivity contribution in [2.45, 2.75) is 437 Å². The molecule has 0 aromatic heterocycles. The quantitative estimate of drug-likeness (QED) is 0.00769. The van der Waals surface area contributed by atoms with Crippen molar-refractivity contribution in [3.63, 3.8) is 0 Å². The van der Waals surface area contributed by atoms with Crippen molar-refractivity contribution < 1.29 is 193 Å². The molecular weight excluding hydrogens is 1990 g/mol. The average Bonchev–Trinajstić information content (AvgIpc) is 0.793. The Kier molecular flexibility index (Phi) is 66.6. The molecule has 0 saturated carbocycles. The Hall–Kier alpha value is -10.1. The Bertz CT molecular complexity index is 3960. The molecule has 1 aromatic rings. The molecule has 3 aliphatic rings. The lowest BCUT2D eigenvalue weighted by atomic mass is 9.96. The topological polar surface area (TPSA) is 526 Å². The number of esters is 10. The number of hydrogen-bond donors (Lipinski definition) is 5. The summed E-state index contributed by atoms with van der Waals surface area (Å²) in [5.74, 6) is -24.1. The number of amides is 5. The lowest BCUT2D eigenvalue weighted by molar-refractivity contribution is -0.277. The van der Waals surface area contributed by atoms with E-state index in [1.807, 2.05) is 0 Å². The van der Waals surface area contributed by atoms with Crippen LogP contribution in [-0.4, -0.2) is 284 Å². The largest absolute Gasteiger partial charge is 0.463 e. The van der Waals surface area contributed by atoms with E-state index in [1.54, 1.807) is 0 Å². The van der Waals surface area contributed by atoms with Crippen molar-refractivity contribution in [1.29, 1.82) is 0 Å². The molecule has 5 amide bonds. The Morgan fingerprint density at radius 2 is 0.540 bits per heavy atom. The van der Waals surface area contributed by atoms with E-state index < -0.39 is 228 Å². The van der Waals surface area contributed by atoms with Gasteiger partial charge in [-0.3, -0.25) is 81.5 Å². The van der Waals surface area contributed by atoms with Crippen LogP contribution >= 0.6 is 0 Å². The number of ether oxygens (including phenoxy) is 19. The lowest BCUT2D eigenvalue weighted by Crippen LogP contribution is -2.66. The molecule has 3 saturated heterocycles. The number of benzene rings is 1. The fourth-order valence-corrected chi connectivity index (χ4v) is 17.3. The molecule has 46 heteroatoms. The fourth-order valence-electron chi connectivity index (χ4n) is 17.3. The number of rotatable bonds is 80. The van der Waals surface area contributed by atoms with Crippen molar-refractivity contribution in [2.75, 3.05) is 85.8 Å². The smallest absolute Gasteiger partial charge is 0.311 e. The van der Waals surface area contributed by atoms with Gasteiger partial charge in [0.2, 0.25) is 64.4 Å². The highest BCUT2D eigenvalue weighted by Gasteiger charge is 2.55. The van der Waals surface area contributed by atoms with Crippen molar-refractivity contribution in [2.24, 2.45) is 0 Å². The van der Waals surface area contributed by atoms with Gasteiger partial charge in [-0.15, -0.1) is 0 Å². The van der Waals surface area contributed by atoms with E-state index in [4.69, 9.17) is 85.3 Å². The van der Waals surface area contributed by atoms with Gasteiger partial charge in [0.25, 0.3) is 0 Å². The van der Waals surface area contributed by atoms with Crippen LogP contribution in [0.25, 0.3) is 0 Å². The zero-order chi connectivity index (χ0) is 111. The van der Waals surface area contributed by atoms with E-state index in [0.29, 0.717) is 45.1 Å². The molecule has 4 rings (SSSR count). The molecule has 3 aliphatic heterocycles. The Labute approximate surface area is 875 Å². The first-order valence-electron chi connectivity index (χ1n) is 52.6. The summed E-state index contributed by atoms with van der Waals surface area (Å²) < 4.78 is 179. The lowest BCUT2D eigenvalue weighted by Gasteiger charge is -2.44. The molecule has 854 valence electrons. The van der Waals surface area contributed by atoms with Gasteiger partial charge in [-0.1, -0.05) is 167 Å². The second kappa shape index (κ2) is 75.6. The second-order valence-corrected chi connectivity index (χ2v) is 38.0. The molecule has 0 radical (unpaired) electrons. The molecule has 3 heterocycles. The number of carbonyl (C=O) groups is 17. The predicted octanol–water partition coefficient (Wildman–Crippen LogP) is 12.1. The first-order chi connectivity index (χ1) is 71.5. The average molecular weight is 2150 g/mol. The maximum Gasteiger partial charge on any atom is 0.311 e. The minimum Gasteiger partial charge on any atom is -0.463 e. The van der Waals surface area contributed by atoms with Crippen LogP contribution in [-0.2, 0) is 167 Å². The summed E-state index contributed by atoms with van der Waals surface area (Å²) in [6, 6.07) is -3.21. The van der Waals surface area contributed by atoms with E-state index in [9.17, 15) is 103 Å². The van der Waals surface area contributed by atoms with Crippen molar-refractivity contribution >= 4 is 101 Å². The van der Waals surface area contributed by atoms with E-state index >= 15 is 0 Å². The minimum atomic E-state index is -2.47. The third kappa shape index (κ3) is 56.0. The number of ketones is 2. The summed E-state index contributed by atoms with van der Waals surface area (Å²) in [5, 5.41) is 13.8. The second-order valence-electron chi connectivity index (χ2n) is 38.0. The zero-order valence-corrected chi connectivity index (χ0v) is 89.2. The van der Waals surface area contributed by atoms with Gasteiger partial charge in [-0.25, -0.2) is 13.2 Å². The normalized spacial score (nSPS) is 20.8. The van der Waals surface area contributed by atoms with Crippen LogP contribution in [0.15, 0.2) is 0 Å². The summed E-state index contributed by atoms with van der Waals surface area (Å²) in [5.41, 5.74) is -1.60. The molecule has 0 aliphatic carbocycles. The Morgan fingerprint density at radius 3 is 0.827 bits per heavy atom. The van der Waals surface area contributed by atoms with Gasteiger partial charge in [-0.2, -0.15) is 8.78 Å². The van der Waals surface area contributed by atoms with Gasteiger partial charge in [0.15, 0.2) is 55.5 Å². The SMILES string of the molecule is CC(=O)NC1C(OCCCCCCCCCCCCCC(=O)CCOCC(COCCC(=O)CCCCCCCCCCCCCOC2OC(COC(C)=O)C(OC(C)=O)C(OC(C)=O)C2NC(C)=O)(COCCC(=O)NCCCCCCCCCCCCOC2OC(COC(C)=O)C(OC(C)=O)C(OC(C)=O)C2NC(C)=O)NC(=O)CCCC(=O)Oc2c(F)c(F)c(F)c(F)c2F)OC(COC(C)=O)C(OC(C)=O)C1OC(C)=O. The van der Waals surface area contributed by atoms with Gasteiger partial charge in [0.05, 0.1) is 39.6 Å². The van der Waals surface area contributed by atoms with Crippen LogP contribution in [0.3, 0.4) is 0 Å². The van der Waals surface area contributed by atoms with E-state index in [0.717, 1.165) is 208 Å². The predicted molar refractivity (Wildman–Crippen MR) is 523 cm³/mol. The molecule has 150 heavy (non-hydrogen) atoms. The standard InChI is InChI=1S/C104H162F5N5O36/c1-66(115)111-91-98(144-75(10)124)94(141-72(7)121)80(60-138-69(4)118)147-101(91)135-54-42-36-30-24-18-13-15-21-27-33-39-46-78(127)50-57-132-63-104(114-84(130)48-45-49-85(131)150-97-89(108)87(106)86(105)88(107)90(97)109,64-133-58-51-79(128)47-40-34-28-22-16-14-19-25-31-37-43-55-136-102-92(112-67(2)116)99(145-76(11)125)95(142-73(8)122)81(148-102)61-139-70(5)119)65-134-59-52-83(129)110-53-41-35-29-23-17-20-26-32-38-44-56-137-103-93(113-68(3)117)100(146-77(12)126)96(143-74(9)123)82(149-103)62-140-71(6)120/h80-82,91-96,98-103H,13-65H2,1-12H3,(H,110,129)(H,111,115)(H,112,116)(H,113,117)(H,114,130). The molecule has 41 nitrogen and oxygen atoms in total. The van der Waals surface area contributed by atoms with Gasteiger partial charge < -0.3 is 117 Å². The highest BCUT2D eigenvalue weighted by atomic mass is 19.2. The Morgan fingerprint density at radius 1 is 0.273 bits per heavy atom. The third-order valence-corrected chi connectivity index (χ3v) is 24.4. The maximum absolute atomic E-state index is 14.5. The van der Waals surface area contributed by atoms with Crippen LogP contribution in [0.5, 0.6) is 5.75 Å². The highest BCUT2D eigenvalue weighted by Crippen LogP contribution is 2.35.